The summed E-state index contributed by atoms with van der Waals surface area (Å²) in [5.74, 6) is 1.04. The van der Waals surface area contributed by atoms with Gasteiger partial charge in [-0.05, 0) is 25.2 Å². The van der Waals surface area contributed by atoms with Crippen molar-refractivity contribution >= 4 is 33.4 Å². The second kappa shape index (κ2) is 5.52. The molecule has 0 aliphatic rings. The lowest BCUT2D eigenvalue weighted by Crippen LogP contribution is -2.09. The first-order valence-electron chi connectivity index (χ1n) is 4.06. The van der Waals surface area contributed by atoms with Crippen molar-refractivity contribution in [2.45, 2.75) is 4.90 Å². The number of nitrogens with one attached hydrogen (secondary N) is 1. The van der Waals surface area contributed by atoms with Crippen molar-refractivity contribution < 1.29 is 0 Å². The van der Waals surface area contributed by atoms with Crippen LogP contribution in [0.2, 0.25) is 0 Å². The molecule has 0 bridgehead atoms. The van der Waals surface area contributed by atoms with Crippen molar-refractivity contribution in [3.63, 3.8) is 0 Å². The lowest BCUT2D eigenvalue weighted by atomic mass is 10.3. The van der Waals surface area contributed by atoms with Crippen LogP contribution >= 0.6 is 27.7 Å². The number of hydrogen-bond acceptors (Lipinski definition) is 3. The first kappa shape index (κ1) is 10.9. The molecule has 0 saturated heterocycles. The van der Waals surface area contributed by atoms with Crippen LogP contribution in [0.25, 0.3) is 0 Å². The van der Waals surface area contributed by atoms with E-state index in [-0.39, 0.29) is 0 Å². The number of rotatable bonds is 4. The molecule has 0 heterocycles. The van der Waals surface area contributed by atoms with Gasteiger partial charge >= 0.3 is 0 Å². The van der Waals surface area contributed by atoms with E-state index in [1.54, 1.807) is 11.8 Å². The average molecular weight is 261 g/mol. The standard InChI is InChI=1S/C9H13BrN2S/c1-12-4-5-13-9-6-7(10)2-3-8(9)11/h2-3,6,12H,4-5,11H2,1H3. The predicted octanol–water partition coefficient (Wildman–Crippen LogP) is 2.34. The molecule has 1 aromatic carbocycles. The summed E-state index contributed by atoms with van der Waals surface area (Å²) >= 11 is 5.19. The summed E-state index contributed by atoms with van der Waals surface area (Å²) in [5, 5.41) is 3.10. The Hall–Kier alpha value is -0.190. The molecule has 13 heavy (non-hydrogen) atoms. The van der Waals surface area contributed by atoms with Crippen molar-refractivity contribution in [2.24, 2.45) is 0 Å². The molecule has 0 radical (unpaired) electrons. The van der Waals surface area contributed by atoms with Gasteiger partial charge in [-0.1, -0.05) is 15.9 Å². The van der Waals surface area contributed by atoms with Gasteiger partial charge in [-0.3, -0.25) is 0 Å². The smallest absolute Gasteiger partial charge is 0.0453 e. The van der Waals surface area contributed by atoms with Crippen LogP contribution < -0.4 is 11.1 Å². The van der Waals surface area contributed by atoms with Crippen LogP contribution in [-0.4, -0.2) is 19.3 Å². The van der Waals surface area contributed by atoms with Gasteiger partial charge in [0.25, 0.3) is 0 Å². The van der Waals surface area contributed by atoms with Crippen LogP contribution in [0.1, 0.15) is 0 Å². The molecule has 0 fully saturated rings. The Labute approximate surface area is 91.4 Å². The number of anilines is 1. The summed E-state index contributed by atoms with van der Waals surface area (Å²) in [6, 6.07) is 5.93. The zero-order chi connectivity index (χ0) is 9.68. The number of halogens is 1. The zero-order valence-electron chi connectivity index (χ0n) is 7.51. The normalized spacial score (nSPS) is 10.3. The molecule has 4 heteroatoms. The molecule has 0 aliphatic heterocycles. The van der Waals surface area contributed by atoms with Gasteiger partial charge in [-0.2, -0.15) is 0 Å². The van der Waals surface area contributed by atoms with Gasteiger partial charge in [0.2, 0.25) is 0 Å². The number of benzene rings is 1. The fourth-order valence-electron chi connectivity index (χ4n) is 0.896. The Morgan fingerprint density at radius 2 is 2.31 bits per heavy atom. The molecule has 0 unspecified atom stereocenters. The summed E-state index contributed by atoms with van der Waals surface area (Å²) in [5.41, 5.74) is 6.66. The van der Waals surface area contributed by atoms with Crippen LogP contribution in [0.5, 0.6) is 0 Å². The summed E-state index contributed by atoms with van der Waals surface area (Å²) in [7, 11) is 1.95. The molecule has 0 aliphatic carbocycles. The molecular formula is C9H13BrN2S. The molecule has 0 atom stereocenters. The van der Waals surface area contributed by atoms with E-state index in [0.717, 1.165) is 27.4 Å². The Morgan fingerprint density at radius 1 is 1.54 bits per heavy atom. The molecule has 3 N–H and O–H groups in total. The summed E-state index contributed by atoms with van der Waals surface area (Å²) in [4.78, 5) is 1.14. The van der Waals surface area contributed by atoms with Gasteiger partial charge in [-0.15, -0.1) is 11.8 Å². The third-order valence-corrected chi connectivity index (χ3v) is 3.15. The molecule has 2 nitrogen and oxygen atoms in total. The second-order valence-electron chi connectivity index (χ2n) is 2.63. The molecule has 0 amide bonds. The van der Waals surface area contributed by atoms with Crippen LogP contribution in [0.3, 0.4) is 0 Å². The van der Waals surface area contributed by atoms with Gasteiger partial charge in [0, 0.05) is 27.4 Å². The Balaban J connectivity index is 2.59. The number of thioether (sulfide) groups is 1. The van der Waals surface area contributed by atoms with E-state index in [0.29, 0.717) is 0 Å². The largest absolute Gasteiger partial charge is 0.398 e. The number of nitrogen functional groups attached to an aromatic ring is 1. The van der Waals surface area contributed by atoms with E-state index in [9.17, 15) is 0 Å². The van der Waals surface area contributed by atoms with Crippen molar-refractivity contribution in [3.8, 4) is 0 Å². The Bertz CT molecular complexity index is 278. The third kappa shape index (κ3) is 3.58. The lowest BCUT2D eigenvalue weighted by molar-refractivity contribution is 0.872. The summed E-state index contributed by atoms with van der Waals surface area (Å²) in [6.45, 7) is 0.997. The fourth-order valence-corrected chi connectivity index (χ4v) is 2.38. The molecular weight excluding hydrogens is 248 g/mol. The van der Waals surface area contributed by atoms with Gasteiger partial charge in [0.15, 0.2) is 0 Å². The monoisotopic (exact) mass is 260 g/mol. The highest BCUT2D eigenvalue weighted by atomic mass is 79.9. The summed E-state index contributed by atoms with van der Waals surface area (Å²) < 4.78 is 1.08. The molecule has 0 saturated carbocycles. The molecule has 1 rings (SSSR count). The van der Waals surface area contributed by atoms with Gasteiger partial charge in [-0.25, -0.2) is 0 Å². The first-order chi connectivity index (χ1) is 6.24. The average Bonchev–Trinajstić information content (AvgIpc) is 2.11. The van der Waals surface area contributed by atoms with Gasteiger partial charge in [0.05, 0.1) is 0 Å². The van der Waals surface area contributed by atoms with E-state index in [1.807, 2.05) is 19.2 Å². The van der Waals surface area contributed by atoms with E-state index >= 15 is 0 Å². The highest BCUT2D eigenvalue weighted by molar-refractivity contribution is 9.10. The van der Waals surface area contributed by atoms with Crippen molar-refractivity contribution in [1.82, 2.24) is 5.32 Å². The zero-order valence-corrected chi connectivity index (χ0v) is 9.91. The second-order valence-corrected chi connectivity index (χ2v) is 4.69. The molecule has 0 aromatic heterocycles. The Kier molecular flexibility index (Phi) is 4.62. The van der Waals surface area contributed by atoms with E-state index in [2.05, 4.69) is 27.3 Å². The lowest BCUT2D eigenvalue weighted by Gasteiger charge is -2.05. The third-order valence-electron chi connectivity index (χ3n) is 1.59. The van der Waals surface area contributed by atoms with E-state index < -0.39 is 0 Å². The van der Waals surface area contributed by atoms with Crippen LogP contribution in [-0.2, 0) is 0 Å². The minimum absolute atomic E-state index is 0.851. The van der Waals surface area contributed by atoms with Crippen LogP contribution in [0.4, 0.5) is 5.69 Å². The van der Waals surface area contributed by atoms with Crippen molar-refractivity contribution in [3.05, 3.63) is 22.7 Å². The SMILES string of the molecule is CNCCSc1cc(Br)ccc1N. The van der Waals surface area contributed by atoms with Crippen LogP contribution in [0.15, 0.2) is 27.6 Å². The highest BCUT2D eigenvalue weighted by Gasteiger charge is 1.99. The number of hydrogen-bond donors (Lipinski definition) is 2. The topological polar surface area (TPSA) is 38.0 Å². The fraction of sp³-hybridized carbons (Fsp3) is 0.333. The first-order valence-corrected chi connectivity index (χ1v) is 5.84. The minimum Gasteiger partial charge on any atom is -0.398 e. The van der Waals surface area contributed by atoms with E-state index in [1.165, 1.54) is 0 Å². The molecule has 0 spiro atoms. The maximum absolute atomic E-state index is 5.81. The molecule has 1 aromatic rings. The minimum atomic E-state index is 0.851. The summed E-state index contributed by atoms with van der Waals surface area (Å²) in [6.07, 6.45) is 0. The highest BCUT2D eigenvalue weighted by Crippen LogP contribution is 2.27. The maximum atomic E-state index is 5.81. The predicted molar refractivity (Wildman–Crippen MR) is 63.2 cm³/mol. The van der Waals surface area contributed by atoms with E-state index in [4.69, 9.17) is 5.73 Å². The quantitative estimate of drug-likeness (QED) is 0.496. The number of nitrogens with two attached hydrogens (primary N) is 1. The van der Waals surface area contributed by atoms with Gasteiger partial charge in [0.1, 0.15) is 0 Å². The van der Waals surface area contributed by atoms with Crippen molar-refractivity contribution in [1.29, 1.82) is 0 Å². The maximum Gasteiger partial charge on any atom is 0.0453 e. The van der Waals surface area contributed by atoms with Crippen LogP contribution in [0, 0.1) is 0 Å². The van der Waals surface area contributed by atoms with Crippen molar-refractivity contribution in [2.75, 3.05) is 25.1 Å². The molecule has 72 valence electrons. The Morgan fingerprint density at radius 3 is 3.00 bits per heavy atom. The van der Waals surface area contributed by atoms with Gasteiger partial charge < -0.3 is 11.1 Å².